The second kappa shape index (κ2) is 2.85. The number of nitrogens with zero attached hydrogens (tertiary/aromatic N) is 1. The summed E-state index contributed by atoms with van der Waals surface area (Å²) in [5, 5.41) is 2.44. The lowest BCUT2D eigenvalue weighted by molar-refractivity contribution is -0.239. The first-order valence-corrected chi connectivity index (χ1v) is 4.60. The molecular weight excluding hydrogens is 197 g/mol. The highest BCUT2D eigenvalue weighted by molar-refractivity contribution is 5.80. The Hall–Kier alpha value is -0.780. The van der Waals surface area contributed by atoms with Crippen LogP contribution in [0.5, 0.6) is 0 Å². The van der Waals surface area contributed by atoms with Gasteiger partial charge in [0, 0.05) is 19.4 Å². The number of amides is 1. The lowest BCUT2D eigenvalue weighted by Gasteiger charge is -2.43. The number of rotatable bonds is 0. The van der Waals surface area contributed by atoms with Gasteiger partial charge in [0.15, 0.2) is 5.66 Å². The third kappa shape index (κ3) is 1.13. The molecule has 1 amide bonds. The molecule has 0 aromatic rings. The molecule has 0 radical (unpaired) electrons. The molecule has 2 aliphatic heterocycles. The van der Waals surface area contributed by atoms with Gasteiger partial charge < -0.3 is 4.90 Å². The maximum atomic E-state index is 12.8. The second-order valence-electron chi connectivity index (χ2n) is 3.68. The molecule has 2 fully saturated rings. The predicted molar refractivity (Wildman–Crippen MR) is 42.4 cm³/mol. The van der Waals surface area contributed by atoms with Crippen LogP contribution in [0.1, 0.15) is 19.3 Å². The lowest BCUT2D eigenvalue weighted by Crippen LogP contribution is -2.68. The molecule has 0 spiro atoms. The number of nitrogens with one attached hydrogen (secondary N) is 1. The van der Waals surface area contributed by atoms with E-state index in [2.05, 4.69) is 5.32 Å². The molecule has 0 aromatic carbocycles. The van der Waals surface area contributed by atoms with E-state index in [1.165, 1.54) is 0 Å². The van der Waals surface area contributed by atoms with E-state index in [1.54, 1.807) is 0 Å². The highest BCUT2D eigenvalue weighted by atomic mass is 19.4. The Labute approximate surface area is 79.3 Å². The van der Waals surface area contributed by atoms with E-state index in [1.807, 2.05) is 0 Å². The van der Waals surface area contributed by atoms with Crippen molar-refractivity contribution in [3.63, 3.8) is 0 Å². The molecule has 2 aliphatic rings. The quantitative estimate of drug-likeness (QED) is 0.640. The molecule has 6 heteroatoms. The molecule has 0 aliphatic carbocycles. The van der Waals surface area contributed by atoms with Gasteiger partial charge in [-0.2, -0.15) is 13.2 Å². The van der Waals surface area contributed by atoms with Crippen LogP contribution in [0.4, 0.5) is 13.2 Å². The van der Waals surface area contributed by atoms with Gasteiger partial charge in [0.25, 0.3) is 0 Å². The molecular formula is C8H11F3N2O. The Morgan fingerprint density at radius 3 is 2.71 bits per heavy atom. The van der Waals surface area contributed by atoms with Gasteiger partial charge in [-0.3, -0.25) is 10.1 Å². The zero-order valence-corrected chi connectivity index (χ0v) is 7.52. The van der Waals surface area contributed by atoms with E-state index in [0.29, 0.717) is 13.0 Å². The van der Waals surface area contributed by atoms with Gasteiger partial charge >= 0.3 is 6.18 Å². The molecule has 80 valence electrons. The summed E-state index contributed by atoms with van der Waals surface area (Å²) in [5.74, 6) is -0.394. The minimum atomic E-state index is -4.38. The topological polar surface area (TPSA) is 32.3 Å². The number of alkyl halides is 3. The van der Waals surface area contributed by atoms with Crippen LogP contribution in [0, 0.1) is 0 Å². The van der Waals surface area contributed by atoms with Crippen LogP contribution in [0.2, 0.25) is 0 Å². The van der Waals surface area contributed by atoms with Gasteiger partial charge in [-0.05, 0) is 13.0 Å². The van der Waals surface area contributed by atoms with Gasteiger partial charge in [-0.15, -0.1) is 0 Å². The minimum Gasteiger partial charge on any atom is -0.316 e. The summed E-state index contributed by atoms with van der Waals surface area (Å²) in [6.07, 6.45) is -3.95. The number of carbonyl (C=O) groups excluding carboxylic acids is 1. The summed E-state index contributed by atoms with van der Waals surface area (Å²) >= 11 is 0. The van der Waals surface area contributed by atoms with Crippen LogP contribution in [-0.4, -0.2) is 35.7 Å². The maximum absolute atomic E-state index is 12.8. The molecule has 1 N–H and O–H groups in total. The van der Waals surface area contributed by atoms with E-state index in [-0.39, 0.29) is 19.4 Å². The van der Waals surface area contributed by atoms with Crippen molar-refractivity contribution in [2.24, 2.45) is 0 Å². The van der Waals surface area contributed by atoms with Crippen LogP contribution < -0.4 is 5.32 Å². The number of hydrogen-bond acceptors (Lipinski definition) is 2. The number of fused-ring (bicyclic) bond motifs is 1. The van der Waals surface area contributed by atoms with Gasteiger partial charge in [-0.25, -0.2) is 0 Å². The van der Waals surface area contributed by atoms with Gasteiger partial charge in [0.05, 0.1) is 0 Å². The van der Waals surface area contributed by atoms with Gasteiger partial charge in [-0.1, -0.05) is 0 Å². The Kier molecular flexibility index (Phi) is 1.99. The summed E-state index contributed by atoms with van der Waals surface area (Å²) < 4.78 is 38.4. The first kappa shape index (κ1) is 9.76. The highest BCUT2D eigenvalue weighted by Crippen LogP contribution is 2.42. The highest BCUT2D eigenvalue weighted by Gasteiger charge is 2.63. The van der Waals surface area contributed by atoms with Gasteiger partial charge in [0.1, 0.15) is 0 Å². The summed E-state index contributed by atoms with van der Waals surface area (Å²) in [4.78, 5) is 12.2. The van der Waals surface area contributed by atoms with E-state index in [0.717, 1.165) is 4.90 Å². The fraction of sp³-hybridized carbons (Fsp3) is 0.875. The monoisotopic (exact) mass is 208 g/mol. The number of halogens is 3. The molecule has 2 rings (SSSR count). The summed E-state index contributed by atoms with van der Waals surface area (Å²) in [6, 6.07) is 0. The van der Waals surface area contributed by atoms with Crippen LogP contribution in [-0.2, 0) is 4.79 Å². The third-order valence-corrected chi connectivity index (χ3v) is 2.91. The van der Waals surface area contributed by atoms with Crippen molar-refractivity contribution in [2.45, 2.75) is 31.1 Å². The lowest BCUT2D eigenvalue weighted by atomic mass is 10.0. The van der Waals surface area contributed by atoms with Crippen LogP contribution >= 0.6 is 0 Å². The van der Waals surface area contributed by atoms with Crippen molar-refractivity contribution in [1.82, 2.24) is 10.2 Å². The zero-order valence-electron chi connectivity index (χ0n) is 7.52. The molecule has 0 saturated carbocycles. The Morgan fingerprint density at radius 1 is 1.43 bits per heavy atom. The molecule has 2 heterocycles. The van der Waals surface area contributed by atoms with Crippen molar-refractivity contribution < 1.29 is 18.0 Å². The third-order valence-electron chi connectivity index (χ3n) is 2.91. The van der Waals surface area contributed by atoms with Crippen LogP contribution in [0.3, 0.4) is 0 Å². The summed E-state index contributed by atoms with van der Waals surface area (Å²) in [7, 11) is 0. The smallest absolute Gasteiger partial charge is 0.316 e. The average Bonchev–Trinajstić information content (AvgIpc) is 2.45. The van der Waals surface area contributed by atoms with Crippen LogP contribution in [0.25, 0.3) is 0 Å². The summed E-state index contributed by atoms with van der Waals surface area (Å²) in [5.41, 5.74) is -2.07. The molecule has 1 atom stereocenters. The Bertz CT molecular complexity index is 266. The second-order valence-corrected chi connectivity index (χ2v) is 3.68. The van der Waals surface area contributed by atoms with Crippen molar-refractivity contribution in [3.05, 3.63) is 0 Å². The zero-order chi connectivity index (χ0) is 10.4. The normalized spacial score (nSPS) is 33.4. The van der Waals surface area contributed by atoms with E-state index in [9.17, 15) is 18.0 Å². The van der Waals surface area contributed by atoms with Crippen molar-refractivity contribution in [3.8, 4) is 0 Å². The van der Waals surface area contributed by atoms with E-state index >= 15 is 0 Å². The number of carbonyl (C=O) groups is 1. The Balaban J connectivity index is 2.34. The average molecular weight is 208 g/mol. The van der Waals surface area contributed by atoms with E-state index < -0.39 is 17.7 Å². The standard InChI is InChI=1S/C8H11F3N2O/c9-8(10,11)7-3-2-6(14)13(7)5-1-4-12-7/h12H,1-5H2/t7-/m1/s1. The van der Waals surface area contributed by atoms with Crippen molar-refractivity contribution in [2.75, 3.05) is 13.1 Å². The molecule has 0 aromatic heterocycles. The molecule has 2 saturated heterocycles. The minimum absolute atomic E-state index is 0.00743. The SMILES string of the molecule is O=C1CC[C@@]2(C(F)(F)F)NCCCN12. The first-order valence-electron chi connectivity index (χ1n) is 4.60. The fourth-order valence-electron chi connectivity index (χ4n) is 2.20. The summed E-state index contributed by atoms with van der Waals surface area (Å²) in [6.45, 7) is 0.536. The van der Waals surface area contributed by atoms with Gasteiger partial charge in [0.2, 0.25) is 5.91 Å². The number of hydrogen-bond donors (Lipinski definition) is 1. The molecule has 0 bridgehead atoms. The molecule has 0 unspecified atom stereocenters. The van der Waals surface area contributed by atoms with E-state index in [4.69, 9.17) is 0 Å². The van der Waals surface area contributed by atoms with Crippen LogP contribution in [0.15, 0.2) is 0 Å². The van der Waals surface area contributed by atoms with Crippen molar-refractivity contribution in [1.29, 1.82) is 0 Å². The van der Waals surface area contributed by atoms with Crippen molar-refractivity contribution >= 4 is 5.91 Å². The predicted octanol–water partition coefficient (Wildman–Crippen LogP) is 0.861. The molecule has 3 nitrogen and oxygen atoms in total. The fourth-order valence-corrected chi connectivity index (χ4v) is 2.20. The largest absolute Gasteiger partial charge is 0.425 e. The first-order chi connectivity index (χ1) is 6.47. The maximum Gasteiger partial charge on any atom is 0.425 e. The Morgan fingerprint density at radius 2 is 2.14 bits per heavy atom. The molecule has 14 heavy (non-hydrogen) atoms.